The number of ether oxygens (including phenoxy) is 1. The van der Waals surface area contributed by atoms with Gasteiger partial charge in [0, 0.05) is 12.1 Å². The number of rotatable bonds is 2. The Morgan fingerprint density at radius 3 is 2.95 bits per heavy atom. The number of amides is 1. The number of benzene rings is 1. The Morgan fingerprint density at radius 2 is 2.23 bits per heavy atom. The van der Waals surface area contributed by atoms with Crippen molar-refractivity contribution < 1.29 is 19.0 Å². The van der Waals surface area contributed by atoms with E-state index < -0.39 is 5.60 Å². The number of carbonyl (C=O) groups is 1. The van der Waals surface area contributed by atoms with Gasteiger partial charge in [0.05, 0.1) is 17.2 Å². The summed E-state index contributed by atoms with van der Waals surface area (Å²) < 4.78 is 18.9. The van der Waals surface area contributed by atoms with Gasteiger partial charge in [-0.15, -0.1) is 0 Å². The standard InChI is InChI=1S/C17H20FNO3/c1-17(2,21)15-4-3-7-19(15)16(20)12-8-11-9-13(18)5-6-14(11)22-10-12/h5-6,8-9,15,21H,3-4,7,10H2,1-2H3. The monoisotopic (exact) mass is 305 g/mol. The summed E-state index contributed by atoms with van der Waals surface area (Å²) in [5.41, 5.74) is 0.134. The minimum Gasteiger partial charge on any atom is -0.488 e. The van der Waals surface area contributed by atoms with Crippen molar-refractivity contribution >= 4 is 12.0 Å². The number of halogens is 1. The maximum absolute atomic E-state index is 13.3. The molecule has 1 N–H and O–H groups in total. The predicted octanol–water partition coefficient (Wildman–Crippen LogP) is 2.36. The summed E-state index contributed by atoms with van der Waals surface area (Å²) in [5, 5.41) is 10.2. The largest absolute Gasteiger partial charge is 0.488 e. The molecule has 1 aromatic carbocycles. The molecular formula is C17H20FNO3. The SMILES string of the molecule is CC(C)(O)C1CCCN1C(=O)C1=Cc2cc(F)ccc2OC1. The normalized spacial score (nSPS) is 21.2. The van der Waals surface area contributed by atoms with Gasteiger partial charge in [-0.2, -0.15) is 0 Å². The summed E-state index contributed by atoms with van der Waals surface area (Å²) in [5.74, 6) is 0.0841. The summed E-state index contributed by atoms with van der Waals surface area (Å²) in [6, 6.07) is 4.07. The highest BCUT2D eigenvalue weighted by atomic mass is 19.1. The zero-order valence-electron chi connectivity index (χ0n) is 12.8. The summed E-state index contributed by atoms with van der Waals surface area (Å²) in [6.07, 6.45) is 3.35. The van der Waals surface area contributed by atoms with Crippen molar-refractivity contribution in [2.45, 2.75) is 38.3 Å². The van der Waals surface area contributed by atoms with Gasteiger partial charge in [0.25, 0.3) is 5.91 Å². The molecule has 1 atom stereocenters. The van der Waals surface area contributed by atoms with E-state index in [9.17, 15) is 14.3 Å². The lowest BCUT2D eigenvalue weighted by molar-refractivity contribution is -0.132. The van der Waals surface area contributed by atoms with E-state index in [1.807, 2.05) is 0 Å². The topological polar surface area (TPSA) is 49.8 Å². The van der Waals surface area contributed by atoms with Crippen molar-refractivity contribution in [2.75, 3.05) is 13.2 Å². The highest BCUT2D eigenvalue weighted by Gasteiger charge is 2.39. The van der Waals surface area contributed by atoms with Crippen molar-refractivity contribution in [3.8, 4) is 5.75 Å². The Kier molecular flexibility index (Phi) is 3.68. The molecule has 1 fully saturated rings. The van der Waals surface area contributed by atoms with Gasteiger partial charge in [0.15, 0.2) is 0 Å². The molecule has 5 heteroatoms. The van der Waals surface area contributed by atoms with Gasteiger partial charge in [-0.3, -0.25) is 4.79 Å². The van der Waals surface area contributed by atoms with E-state index in [0.29, 0.717) is 23.4 Å². The van der Waals surface area contributed by atoms with Gasteiger partial charge >= 0.3 is 0 Å². The number of hydrogen-bond acceptors (Lipinski definition) is 3. The van der Waals surface area contributed by atoms with Crippen molar-refractivity contribution in [1.29, 1.82) is 0 Å². The van der Waals surface area contributed by atoms with E-state index in [4.69, 9.17) is 4.74 Å². The third-order valence-corrected chi connectivity index (χ3v) is 4.29. The molecule has 0 aromatic heterocycles. The molecule has 0 spiro atoms. The highest BCUT2D eigenvalue weighted by Crippen LogP contribution is 2.31. The molecule has 0 radical (unpaired) electrons. The van der Waals surface area contributed by atoms with Crippen LogP contribution in [0.15, 0.2) is 23.8 Å². The van der Waals surface area contributed by atoms with Gasteiger partial charge < -0.3 is 14.7 Å². The third kappa shape index (κ3) is 2.73. The molecule has 0 aliphatic carbocycles. The fourth-order valence-electron chi connectivity index (χ4n) is 3.20. The average molecular weight is 305 g/mol. The maximum Gasteiger partial charge on any atom is 0.253 e. The zero-order valence-corrected chi connectivity index (χ0v) is 12.8. The summed E-state index contributed by atoms with van der Waals surface area (Å²) in [7, 11) is 0. The number of likely N-dealkylation sites (tertiary alicyclic amines) is 1. The first-order valence-corrected chi connectivity index (χ1v) is 7.52. The second kappa shape index (κ2) is 5.39. The zero-order chi connectivity index (χ0) is 15.9. The van der Waals surface area contributed by atoms with E-state index in [1.54, 1.807) is 30.9 Å². The molecule has 0 bridgehead atoms. The predicted molar refractivity (Wildman–Crippen MR) is 80.9 cm³/mol. The molecule has 1 aromatic rings. The second-order valence-electron chi connectivity index (χ2n) is 6.45. The molecule has 1 unspecified atom stereocenters. The van der Waals surface area contributed by atoms with Crippen LogP contribution in [0.25, 0.3) is 6.08 Å². The van der Waals surface area contributed by atoms with Crippen molar-refractivity contribution in [2.24, 2.45) is 0 Å². The van der Waals surface area contributed by atoms with E-state index >= 15 is 0 Å². The van der Waals surface area contributed by atoms with Crippen LogP contribution in [0, 0.1) is 5.82 Å². The van der Waals surface area contributed by atoms with Crippen molar-refractivity contribution in [3.05, 3.63) is 35.2 Å². The Morgan fingerprint density at radius 1 is 1.45 bits per heavy atom. The minimum atomic E-state index is -0.938. The Hall–Kier alpha value is -1.88. The van der Waals surface area contributed by atoms with Crippen LogP contribution in [0.1, 0.15) is 32.3 Å². The Bertz CT molecular complexity index is 633. The molecule has 3 rings (SSSR count). The summed E-state index contributed by atoms with van der Waals surface area (Å²) >= 11 is 0. The first kappa shape index (κ1) is 15.0. The first-order valence-electron chi connectivity index (χ1n) is 7.52. The number of hydrogen-bond donors (Lipinski definition) is 1. The molecule has 118 valence electrons. The number of carbonyl (C=O) groups excluding carboxylic acids is 1. The Balaban J connectivity index is 1.87. The van der Waals surface area contributed by atoms with Crippen LogP contribution in [0.4, 0.5) is 4.39 Å². The van der Waals surface area contributed by atoms with Crippen molar-refractivity contribution in [3.63, 3.8) is 0 Å². The van der Waals surface area contributed by atoms with Gasteiger partial charge in [-0.25, -0.2) is 4.39 Å². The molecule has 1 saturated heterocycles. The molecule has 1 amide bonds. The summed E-state index contributed by atoms with van der Waals surface area (Å²) in [4.78, 5) is 14.4. The smallest absolute Gasteiger partial charge is 0.253 e. The summed E-state index contributed by atoms with van der Waals surface area (Å²) in [6.45, 7) is 4.24. The fraction of sp³-hybridized carbons (Fsp3) is 0.471. The van der Waals surface area contributed by atoms with Gasteiger partial charge in [0.1, 0.15) is 18.2 Å². The van der Waals surface area contributed by atoms with Crippen LogP contribution in [0.3, 0.4) is 0 Å². The van der Waals surface area contributed by atoms with Crippen LogP contribution in [0.2, 0.25) is 0 Å². The molecule has 0 saturated carbocycles. The molecular weight excluding hydrogens is 285 g/mol. The Labute approximate surface area is 129 Å². The number of fused-ring (bicyclic) bond motifs is 1. The van der Waals surface area contributed by atoms with Gasteiger partial charge in [0.2, 0.25) is 0 Å². The molecule has 2 aliphatic rings. The lowest BCUT2D eigenvalue weighted by atomic mass is 9.96. The fourth-order valence-corrected chi connectivity index (χ4v) is 3.20. The van der Waals surface area contributed by atoms with E-state index in [-0.39, 0.29) is 24.4 Å². The van der Waals surface area contributed by atoms with Crippen molar-refractivity contribution in [1.82, 2.24) is 4.90 Å². The molecule has 22 heavy (non-hydrogen) atoms. The lowest BCUT2D eigenvalue weighted by Gasteiger charge is -2.34. The average Bonchev–Trinajstić information content (AvgIpc) is 2.95. The van der Waals surface area contributed by atoms with Crippen LogP contribution in [-0.2, 0) is 4.79 Å². The molecule has 4 nitrogen and oxygen atoms in total. The molecule has 2 heterocycles. The number of nitrogens with zero attached hydrogens (tertiary/aromatic N) is 1. The maximum atomic E-state index is 13.3. The van der Waals surface area contributed by atoms with Crippen LogP contribution < -0.4 is 4.74 Å². The quantitative estimate of drug-likeness (QED) is 0.912. The third-order valence-electron chi connectivity index (χ3n) is 4.29. The minimum absolute atomic E-state index is 0.139. The van der Waals surface area contributed by atoms with E-state index in [2.05, 4.69) is 0 Å². The lowest BCUT2D eigenvalue weighted by Crippen LogP contribution is -2.49. The second-order valence-corrected chi connectivity index (χ2v) is 6.45. The number of aliphatic hydroxyl groups is 1. The van der Waals surface area contributed by atoms with E-state index in [1.165, 1.54) is 12.1 Å². The van der Waals surface area contributed by atoms with E-state index in [0.717, 1.165) is 12.8 Å². The van der Waals surface area contributed by atoms with Crippen LogP contribution >= 0.6 is 0 Å². The van der Waals surface area contributed by atoms with Crippen LogP contribution in [-0.4, -0.2) is 40.7 Å². The van der Waals surface area contributed by atoms with Gasteiger partial charge in [-0.1, -0.05) is 0 Å². The first-order chi connectivity index (χ1) is 10.4. The molecule has 2 aliphatic heterocycles. The highest BCUT2D eigenvalue weighted by molar-refractivity contribution is 5.99. The van der Waals surface area contributed by atoms with Crippen LogP contribution in [0.5, 0.6) is 5.75 Å². The van der Waals surface area contributed by atoms with Gasteiger partial charge in [-0.05, 0) is 51.0 Å².